The Morgan fingerprint density at radius 2 is 1.89 bits per heavy atom. The molecule has 0 fully saturated rings. The van der Waals surface area contributed by atoms with E-state index >= 15 is 0 Å². The normalized spacial score (nSPS) is 13.4. The Kier molecular flexibility index (Phi) is 14.5. The topological polar surface area (TPSA) is 93.5 Å². The van der Waals surface area contributed by atoms with Crippen LogP contribution in [-0.4, -0.2) is 58.2 Å². The van der Waals surface area contributed by atoms with Gasteiger partial charge in [0.25, 0.3) is 5.91 Å². The molecule has 0 bridgehead atoms. The number of hydrogen-bond donors (Lipinski definition) is 2. The number of imidazole rings is 1. The summed E-state index contributed by atoms with van der Waals surface area (Å²) in [5.41, 5.74) is 5.70. The molecule has 0 radical (unpaired) electrons. The molecule has 3 aromatic carbocycles. The number of carbonyl (C=O) groups is 1. The second-order valence-electron chi connectivity index (χ2n) is 13.0. The SMILES string of the molecule is C=C(F)c1cc(C(=O)Nc2ccc3c(c2)nc(CN2CC=C(c4cccc(OCc5ccc(Cl)cc5F)n4)CC2)n3CC(C)OCCC)ccc1NC.CC. The van der Waals surface area contributed by atoms with E-state index in [4.69, 9.17) is 31.0 Å². The summed E-state index contributed by atoms with van der Waals surface area (Å²) in [6.45, 7) is 15.0. The molecule has 2 N–H and O–H groups in total. The molecular weight excluding hydrogens is 722 g/mol. The average molecular weight is 771 g/mol. The third-order valence-electron chi connectivity index (χ3n) is 9.08. The van der Waals surface area contributed by atoms with Crippen LogP contribution >= 0.6 is 11.6 Å². The number of nitrogens with zero attached hydrogens (tertiary/aromatic N) is 4. The summed E-state index contributed by atoms with van der Waals surface area (Å²) < 4.78 is 42.4. The second kappa shape index (κ2) is 19.5. The molecule has 0 spiro atoms. The number of anilines is 2. The van der Waals surface area contributed by atoms with E-state index in [9.17, 15) is 13.6 Å². The van der Waals surface area contributed by atoms with Crippen molar-refractivity contribution in [2.24, 2.45) is 0 Å². The van der Waals surface area contributed by atoms with Crippen LogP contribution in [0.15, 0.2) is 85.5 Å². The zero-order valence-electron chi connectivity index (χ0n) is 32.1. The van der Waals surface area contributed by atoms with Gasteiger partial charge < -0.3 is 24.7 Å². The van der Waals surface area contributed by atoms with Gasteiger partial charge in [-0.3, -0.25) is 9.69 Å². The lowest BCUT2D eigenvalue weighted by molar-refractivity contribution is 0.0545. The van der Waals surface area contributed by atoms with Gasteiger partial charge in [0.2, 0.25) is 5.88 Å². The van der Waals surface area contributed by atoms with Crippen LogP contribution in [0.5, 0.6) is 5.88 Å². The molecule has 9 nitrogen and oxygen atoms in total. The zero-order chi connectivity index (χ0) is 39.5. The molecule has 1 aliphatic rings. The van der Waals surface area contributed by atoms with Crippen molar-refractivity contribution in [3.05, 3.63) is 124 Å². The molecule has 1 atom stereocenters. The summed E-state index contributed by atoms with van der Waals surface area (Å²) in [5, 5.41) is 6.19. The molecule has 5 aromatic rings. The highest BCUT2D eigenvalue weighted by Gasteiger charge is 2.21. The number of hydrogen-bond acceptors (Lipinski definition) is 7. The fourth-order valence-corrected chi connectivity index (χ4v) is 6.45. The van der Waals surface area contributed by atoms with Crippen LogP contribution in [-0.2, 0) is 24.4 Å². The molecule has 1 unspecified atom stereocenters. The van der Waals surface area contributed by atoms with Crippen LogP contribution in [0.4, 0.5) is 20.2 Å². The number of ether oxygens (including phenoxy) is 2. The number of benzene rings is 3. The maximum absolute atomic E-state index is 14.2. The third kappa shape index (κ3) is 10.6. The van der Waals surface area contributed by atoms with Gasteiger partial charge in [0, 0.05) is 65.9 Å². The van der Waals surface area contributed by atoms with Crippen molar-refractivity contribution >= 4 is 51.3 Å². The van der Waals surface area contributed by atoms with E-state index in [1.165, 1.54) is 12.1 Å². The molecule has 3 heterocycles. The minimum atomic E-state index is -0.624. The van der Waals surface area contributed by atoms with Gasteiger partial charge in [0.05, 0.1) is 35.9 Å². The fraction of sp³-hybridized carbons (Fsp3) is 0.326. The summed E-state index contributed by atoms with van der Waals surface area (Å²) in [5.74, 6) is -0.0921. The summed E-state index contributed by atoms with van der Waals surface area (Å²) in [6.07, 6.45) is 3.85. The molecule has 6 rings (SSSR count). The lowest BCUT2D eigenvalue weighted by Gasteiger charge is -2.26. The van der Waals surface area contributed by atoms with E-state index < -0.39 is 11.6 Å². The minimum Gasteiger partial charge on any atom is -0.473 e. The lowest BCUT2D eigenvalue weighted by Crippen LogP contribution is -2.30. The molecule has 290 valence electrons. The van der Waals surface area contributed by atoms with Crippen LogP contribution in [0.2, 0.25) is 5.02 Å². The van der Waals surface area contributed by atoms with Crippen LogP contribution in [0, 0.1) is 5.82 Å². The Labute approximate surface area is 327 Å². The Balaban J connectivity index is 0.00000285. The molecule has 1 amide bonds. The quantitative estimate of drug-likeness (QED) is 0.109. The number of carbonyl (C=O) groups excluding carboxylic acids is 1. The van der Waals surface area contributed by atoms with Crippen LogP contribution in [0.1, 0.15) is 73.5 Å². The van der Waals surface area contributed by atoms with Crippen LogP contribution in [0.3, 0.4) is 0 Å². The van der Waals surface area contributed by atoms with Crippen molar-refractivity contribution in [1.29, 1.82) is 0 Å². The van der Waals surface area contributed by atoms with E-state index in [2.05, 4.69) is 46.6 Å². The van der Waals surface area contributed by atoms with Gasteiger partial charge in [-0.1, -0.05) is 57.2 Å². The van der Waals surface area contributed by atoms with Gasteiger partial charge in [-0.15, -0.1) is 0 Å². The van der Waals surface area contributed by atoms with E-state index in [-0.39, 0.29) is 24.2 Å². The predicted molar refractivity (Wildman–Crippen MR) is 219 cm³/mol. The first-order chi connectivity index (χ1) is 26.6. The van der Waals surface area contributed by atoms with Crippen molar-refractivity contribution in [3.63, 3.8) is 0 Å². The highest BCUT2D eigenvalue weighted by atomic mass is 35.5. The predicted octanol–water partition coefficient (Wildman–Crippen LogP) is 10.2. The largest absolute Gasteiger partial charge is 0.473 e. The van der Waals surface area contributed by atoms with Crippen molar-refractivity contribution in [2.75, 3.05) is 37.4 Å². The lowest BCUT2D eigenvalue weighted by atomic mass is 10.0. The van der Waals surface area contributed by atoms with Crippen LogP contribution in [0.25, 0.3) is 22.4 Å². The van der Waals surface area contributed by atoms with Gasteiger partial charge in [-0.25, -0.2) is 18.7 Å². The Bertz CT molecular complexity index is 2150. The molecule has 0 saturated carbocycles. The molecule has 55 heavy (non-hydrogen) atoms. The molecule has 0 saturated heterocycles. The first-order valence-corrected chi connectivity index (χ1v) is 19.0. The Hall–Kier alpha value is -5.10. The van der Waals surface area contributed by atoms with Crippen molar-refractivity contribution in [1.82, 2.24) is 19.4 Å². The molecular formula is C43H49ClF2N6O3. The average Bonchev–Trinajstić information content (AvgIpc) is 3.52. The third-order valence-corrected chi connectivity index (χ3v) is 9.31. The molecule has 0 aliphatic carbocycles. The van der Waals surface area contributed by atoms with Crippen molar-refractivity contribution < 1.29 is 23.0 Å². The monoisotopic (exact) mass is 770 g/mol. The second-order valence-corrected chi connectivity index (χ2v) is 13.4. The number of fused-ring (bicyclic) bond motifs is 1. The van der Waals surface area contributed by atoms with E-state index in [1.807, 2.05) is 44.2 Å². The maximum atomic E-state index is 14.2. The smallest absolute Gasteiger partial charge is 0.255 e. The molecule has 12 heteroatoms. The van der Waals surface area contributed by atoms with Gasteiger partial charge >= 0.3 is 0 Å². The van der Waals surface area contributed by atoms with Crippen LogP contribution < -0.4 is 15.4 Å². The van der Waals surface area contributed by atoms with Gasteiger partial charge in [0.1, 0.15) is 24.1 Å². The minimum absolute atomic E-state index is 0.0323. The molecule has 2 aromatic heterocycles. The van der Waals surface area contributed by atoms with E-state index in [1.54, 1.807) is 37.4 Å². The first-order valence-electron chi connectivity index (χ1n) is 18.7. The standard InChI is InChI=1S/C41H43ClF2N6O3.C2H6/c1-5-19-52-26(2)23-50-38-14-12-32(46-41(51)29-10-13-36(45-4)33(20-29)27(3)43)22-37(38)47-39(50)24-49-17-15-28(16-18-49)35-7-6-8-40(48-35)53-25-30-9-11-31(42)21-34(30)44;1-2/h6-15,20-22,26,45H,3,5,16-19,23-25H2,1-2,4H3,(H,46,51);1-2H3. The van der Waals surface area contributed by atoms with Crippen molar-refractivity contribution in [3.8, 4) is 5.88 Å². The zero-order valence-corrected chi connectivity index (χ0v) is 32.9. The number of halogens is 3. The molecule has 1 aliphatic heterocycles. The Morgan fingerprint density at radius 3 is 2.60 bits per heavy atom. The number of aromatic nitrogens is 3. The maximum Gasteiger partial charge on any atom is 0.255 e. The summed E-state index contributed by atoms with van der Waals surface area (Å²) in [4.78, 5) is 25.3. The fourth-order valence-electron chi connectivity index (χ4n) is 6.29. The first kappa shape index (κ1) is 41.1. The van der Waals surface area contributed by atoms with Gasteiger partial charge in [-0.05, 0) is 79.9 Å². The number of pyridine rings is 1. The Morgan fingerprint density at radius 1 is 1.07 bits per heavy atom. The summed E-state index contributed by atoms with van der Waals surface area (Å²) >= 11 is 5.88. The highest BCUT2D eigenvalue weighted by molar-refractivity contribution is 6.30. The summed E-state index contributed by atoms with van der Waals surface area (Å²) in [6, 6.07) is 20.6. The number of amides is 1. The van der Waals surface area contributed by atoms with Crippen molar-refractivity contribution in [2.45, 2.75) is 66.3 Å². The number of rotatable bonds is 15. The summed E-state index contributed by atoms with van der Waals surface area (Å²) in [7, 11) is 1.69. The van der Waals surface area contributed by atoms with Gasteiger partial charge in [-0.2, -0.15) is 0 Å². The van der Waals surface area contributed by atoms with E-state index in [0.717, 1.165) is 47.5 Å². The number of nitrogens with one attached hydrogen (secondary N) is 2. The van der Waals surface area contributed by atoms with E-state index in [0.29, 0.717) is 59.6 Å². The van der Waals surface area contributed by atoms with Gasteiger partial charge in [0.15, 0.2) is 0 Å². The highest BCUT2D eigenvalue weighted by Crippen LogP contribution is 2.28.